The lowest BCUT2D eigenvalue weighted by atomic mass is 9.90. The molecule has 3 heterocycles. The molecule has 1 N–H and O–H groups in total. The minimum absolute atomic E-state index is 0.00380. The molecule has 166 valence electrons. The minimum Gasteiger partial charge on any atom is -0.349 e. The molecule has 5 rings (SSSR count). The summed E-state index contributed by atoms with van der Waals surface area (Å²) < 4.78 is 2.17. The normalized spacial score (nSPS) is 25.5. The third-order valence-corrected chi connectivity index (χ3v) is 8.32. The molecular weight excluding hydrogens is 412 g/mol. The van der Waals surface area contributed by atoms with E-state index >= 15 is 0 Å². The number of aromatic nitrogens is 2. The highest BCUT2D eigenvalue weighted by Gasteiger charge is 2.37. The van der Waals surface area contributed by atoms with Crippen LogP contribution in [0.15, 0.2) is 6.07 Å². The fourth-order valence-corrected chi connectivity index (χ4v) is 6.63. The second-order valence-electron chi connectivity index (χ2n) is 9.29. The maximum Gasteiger partial charge on any atom is 0.261 e. The van der Waals surface area contributed by atoms with Crippen molar-refractivity contribution in [1.82, 2.24) is 20.0 Å². The van der Waals surface area contributed by atoms with E-state index in [0.29, 0.717) is 18.9 Å². The van der Waals surface area contributed by atoms with Gasteiger partial charge in [0, 0.05) is 30.3 Å². The number of carbonyl (C=O) groups is 3. The molecule has 2 saturated carbocycles. The smallest absolute Gasteiger partial charge is 0.261 e. The highest BCUT2D eigenvalue weighted by molar-refractivity contribution is 7.20. The highest BCUT2D eigenvalue weighted by Crippen LogP contribution is 2.35. The van der Waals surface area contributed by atoms with Gasteiger partial charge in [0.15, 0.2) is 0 Å². The van der Waals surface area contributed by atoms with Gasteiger partial charge in [-0.25, -0.2) is 0 Å². The van der Waals surface area contributed by atoms with E-state index in [1.807, 2.05) is 13.0 Å². The van der Waals surface area contributed by atoms with Crippen LogP contribution in [0.25, 0.3) is 10.2 Å². The van der Waals surface area contributed by atoms with Gasteiger partial charge >= 0.3 is 0 Å². The predicted molar refractivity (Wildman–Crippen MR) is 119 cm³/mol. The van der Waals surface area contributed by atoms with Gasteiger partial charge < -0.3 is 5.32 Å². The number of nitrogens with zero attached hydrogens (tertiary/aromatic N) is 3. The van der Waals surface area contributed by atoms with Crippen molar-refractivity contribution >= 4 is 39.3 Å². The molecule has 0 spiro atoms. The number of aryl methyl sites for hydroxylation is 1. The Bertz CT molecular complexity index is 996. The molecule has 3 amide bonds. The summed E-state index contributed by atoms with van der Waals surface area (Å²) in [5.41, 5.74) is 0.997. The zero-order chi connectivity index (χ0) is 21.5. The number of imide groups is 1. The number of fused-ring (bicyclic) bond motifs is 1. The van der Waals surface area contributed by atoms with Crippen LogP contribution in [0.5, 0.6) is 0 Å². The molecule has 2 aliphatic carbocycles. The lowest BCUT2D eigenvalue weighted by Crippen LogP contribution is -2.45. The minimum atomic E-state index is -0.0369. The Hall–Kier alpha value is -2.22. The first kappa shape index (κ1) is 20.7. The van der Waals surface area contributed by atoms with E-state index in [1.165, 1.54) is 37.0 Å². The third kappa shape index (κ3) is 3.90. The molecule has 0 atom stereocenters. The summed E-state index contributed by atoms with van der Waals surface area (Å²) in [7, 11) is 0. The lowest BCUT2D eigenvalue weighted by molar-refractivity contribution is -0.141. The van der Waals surface area contributed by atoms with Crippen molar-refractivity contribution in [3.8, 4) is 0 Å². The van der Waals surface area contributed by atoms with Gasteiger partial charge in [0.2, 0.25) is 11.8 Å². The van der Waals surface area contributed by atoms with Crippen molar-refractivity contribution < 1.29 is 14.4 Å². The first-order valence-electron chi connectivity index (χ1n) is 11.7. The summed E-state index contributed by atoms with van der Waals surface area (Å²) in [5.74, 6) is -0.0946. The SMILES string of the molecule is Cc1nn(C2CCCCC2)c2sc(C(=O)NC3CCC(N4C(=O)CCC4=O)CC3)cc12. The van der Waals surface area contributed by atoms with Crippen molar-refractivity contribution in [1.29, 1.82) is 0 Å². The van der Waals surface area contributed by atoms with Gasteiger partial charge in [-0.1, -0.05) is 19.3 Å². The zero-order valence-corrected chi connectivity index (χ0v) is 18.9. The number of hydrogen-bond acceptors (Lipinski definition) is 5. The molecule has 31 heavy (non-hydrogen) atoms. The summed E-state index contributed by atoms with van der Waals surface area (Å²) in [4.78, 5) is 40.3. The van der Waals surface area contributed by atoms with Crippen LogP contribution in [0.4, 0.5) is 0 Å². The van der Waals surface area contributed by atoms with Gasteiger partial charge in [-0.3, -0.25) is 24.0 Å². The van der Waals surface area contributed by atoms with Gasteiger partial charge in [0.25, 0.3) is 5.91 Å². The average molecular weight is 443 g/mol. The summed E-state index contributed by atoms with van der Waals surface area (Å²) in [6.07, 6.45) is 9.97. The Morgan fingerprint density at radius 3 is 2.35 bits per heavy atom. The fourth-order valence-electron chi connectivity index (χ4n) is 5.49. The van der Waals surface area contributed by atoms with Gasteiger partial charge in [-0.15, -0.1) is 11.3 Å². The van der Waals surface area contributed by atoms with E-state index in [0.717, 1.165) is 46.5 Å². The Kier molecular flexibility index (Phi) is 5.58. The summed E-state index contributed by atoms with van der Waals surface area (Å²) in [6.45, 7) is 2.03. The molecule has 1 saturated heterocycles. The number of nitrogens with one attached hydrogen (secondary N) is 1. The van der Waals surface area contributed by atoms with Crippen LogP contribution in [-0.2, 0) is 9.59 Å². The maximum atomic E-state index is 13.0. The molecule has 7 nitrogen and oxygen atoms in total. The number of hydrogen-bond donors (Lipinski definition) is 1. The number of likely N-dealkylation sites (tertiary alicyclic amines) is 1. The van der Waals surface area contributed by atoms with Crippen LogP contribution in [0.2, 0.25) is 0 Å². The topological polar surface area (TPSA) is 84.3 Å². The van der Waals surface area contributed by atoms with Crippen LogP contribution < -0.4 is 5.32 Å². The van der Waals surface area contributed by atoms with Gasteiger partial charge in [-0.2, -0.15) is 5.10 Å². The molecular formula is C23H30N4O3S. The third-order valence-electron chi connectivity index (χ3n) is 7.20. The molecule has 2 aromatic heterocycles. The van der Waals surface area contributed by atoms with Crippen molar-refractivity contribution in [2.24, 2.45) is 0 Å². The van der Waals surface area contributed by atoms with Crippen LogP contribution in [-0.4, -0.2) is 44.5 Å². The van der Waals surface area contributed by atoms with Crippen molar-refractivity contribution in [3.05, 3.63) is 16.6 Å². The van der Waals surface area contributed by atoms with E-state index in [2.05, 4.69) is 10.00 Å². The van der Waals surface area contributed by atoms with E-state index in [4.69, 9.17) is 5.10 Å². The fraction of sp³-hybridized carbons (Fsp3) is 0.652. The van der Waals surface area contributed by atoms with Crippen LogP contribution in [0.1, 0.15) is 92.0 Å². The van der Waals surface area contributed by atoms with E-state index in [-0.39, 0.29) is 29.8 Å². The average Bonchev–Trinajstić information content (AvgIpc) is 3.45. The van der Waals surface area contributed by atoms with Gasteiger partial charge in [0.05, 0.1) is 16.6 Å². The van der Waals surface area contributed by atoms with Crippen molar-refractivity contribution in [2.75, 3.05) is 0 Å². The first-order valence-corrected chi connectivity index (χ1v) is 12.5. The quantitative estimate of drug-likeness (QED) is 0.723. The number of rotatable bonds is 4. The zero-order valence-electron chi connectivity index (χ0n) is 18.1. The Morgan fingerprint density at radius 1 is 1.00 bits per heavy atom. The van der Waals surface area contributed by atoms with Crippen LogP contribution >= 0.6 is 11.3 Å². The largest absolute Gasteiger partial charge is 0.349 e. The number of amides is 3. The van der Waals surface area contributed by atoms with E-state index in [1.54, 1.807) is 11.3 Å². The summed E-state index contributed by atoms with van der Waals surface area (Å²) in [6, 6.07) is 2.54. The van der Waals surface area contributed by atoms with Gasteiger partial charge in [-0.05, 0) is 51.5 Å². The Balaban J connectivity index is 1.24. The van der Waals surface area contributed by atoms with Gasteiger partial charge in [0.1, 0.15) is 4.83 Å². The standard InChI is InChI=1S/C23H30N4O3S/c1-14-18-13-19(31-23(18)27(25-14)17-5-3-2-4-6-17)22(30)24-15-7-9-16(10-8-15)26-20(28)11-12-21(26)29/h13,15-17H,2-12H2,1H3,(H,24,30). The van der Waals surface area contributed by atoms with Crippen molar-refractivity contribution in [3.63, 3.8) is 0 Å². The predicted octanol–water partition coefficient (Wildman–Crippen LogP) is 4.10. The summed E-state index contributed by atoms with van der Waals surface area (Å²) >= 11 is 1.55. The molecule has 3 fully saturated rings. The Morgan fingerprint density at radius 2 is 1.68 bits per heavy atom. The van der Waals surface area contributed by atoms with Crippen LogP contribution in [0.3, 0.4) is 0 Å². The Labute approximate surface area is 186 Å². The molecule has 2 aromatic rings. The van der Waals surface area contributed by atoms with E-state index < -0.39 is 0 Å². The number of thiophene rings is 1. The molecule has 8 heteroatoms. The van der Waals surface area contributed by atoms with Crippen LogP contribution in [0, 0.1) is 6.92 Å². The molecule has 0 radical (unpaired) electrons. The van der Waals surface area contributed by atoms with Crippen molar-refractivity contribution in [2.45, 2.75) is 95.7 Å². The molecule has 3 aliphatic rings. The monoisotopic (exact) mass is 442 g/mol. The number of carbonyl (C=O) groups excluding carboxylic acids is 3. The lowest BCUT2D eigenvalue weighted by Gasteiger charge is -2.33. The first-order chi connectivity index (χ1) is 15.0. The second kappa shape index (κ2) is 8.37. The molecule has 0 unspecified atom stereocenters. The molecule has 0 bridgehead atoms. The second-order valence-corrected chi connectivity index (χ2v) is 10.3. The molecule has 1 aliphatic heterocycles. The maximum absolute atomic E-state index is 13.0. The highest BCUT2D eigenvalue weighted by atomic mass is 32.1. The molecule has 0 aromatic carbocycles. The summed E-state index contributed by atoms with van der Waals surface area (Å²) in [5, 5.41) is 9.07. The van der Waals surface area contributed by atoms with E-state index in [9.17, 15) is 14.4 Å².